The second kappa shape index (κ2) is 8.57. The third-order valence-corrected chi connectivity index (χ3v) is 4.84. The quantitative estimate of drug-likeness (QED) is 0.734. The summed E-state index contributed by atoms with van der Waals surface area (Å²) in [5, 5.41) is 15.2. The number of amides is 2. The zero-order valence-electron chi connectivity index (χ0n) is 16.0. The van der Waals surface area contributed by atoms with Crippen LogP contribution in [0.3, 0.4) is 0 Å². The van der Waals surface area contributed by atoms with Gasteiger partial charge in [0.25, 0.3) is 0 Å². The number of urea groups is 1. The van der Waals surface area contributed by atoms with E-state index in [1.54, 1.807) is 11.8 Å². The number of hydrogen-bond acceptors (Lipinski definition) is 6. The highest BCUT2D eigenvalue weighted by atomic mass is 16.5. The van der Waals surface area contributed by atoms with Crippen LogP contribution in [0.25, 0.3) is 0 Å². The van der Waals surface area contributed by atoms with Crippen molar-refractivity contribution in [2.75, 3.05) is 47.4 Å². The van der Waals surface area contributed by atoms with Gasteiger partial charge in [-0.1, -0.05) is 13.8 Å². The summed E-state index contributed by atoms with van der Waals surface area (Å²) in [7, 11) is 5.68. The minimum Gasteiger partial charge on any atom is -0.383 e. The summed E-state index contributed by atoms with van der Waals surface area (Å²) in [5.41, 5.74) is -0.382. The number of hydrogen-bond donors (Lipinski definition) is 1. The fraction of sp³-hybridized carbons (Fsp3) is 0.875. The summed E-state index contributed by atoms with van der Waals surface area (Å²) in [5.74, 6) is 1.36. The van der Waals surface area contributed by atoms with Crippen molar-refractivity contribution in [3.8, 4) is 0 Å². The van der Waals surface area contributed by atoms with Gasteiger partial charge in [-0.15, -0.1) is 5.10 Å². The van der Waals surface area contributed by atoms with Gasteiger partial charge in [-0.05, 0) is 43.3 Å². The summed E-state index contributed by atoms with van der Waals surface area (Å²) < 4.78 is 6.93. The topological polar surface area (TPSA) is 88.4 Å². The molecule has 1 fully saturated rings. The van der Waals surface area contributed by atoms with Crippen molar-refractivity contribution in [1.82, 2.24) is 35.3 Å². The first kappa shape index (κ1) is 19.6. The van der Waals surface area contributed by atoms with Gasteiger partial charge >= 0.3 is 6.03 Å². The molecule has 2 heterocycles. The van der Waals surface area contributed by atoms with E-state index in [-0.39, 0.29) is 11.6 Å². The Morgan fingerprint density at radius 3 is 2.84 bits per heavy atom. The molecule has 2 rings (SSSR count). The van der Waals surface area contributed by atoms with E-state index in [1.807, 2.05) is 19.0 Å². The van der Waals surface area contributed by atoms with Gasteiger partial charge in [-0.25, -0.2) is 9.48 Å². The Balaban J connectivity index is 2.09. The third kappa shape index (κ3) is 4.46. The molecule has 1 aromatic rings. The highest BCUT2D eigenvalue weighted by molar-refractivity contribution is 5.74. The van der Waals surface area contributed by atoms with Crippen LogP contribution < -0.4 is 5.32 Å². The molecule has 0 spiro atoms. The van der Waals surface area contributed by atoms with Gasteiger partial charge in [0.1, 0.15) is 5.54 Å². The van der Waals surface area contributed by atoms with E-state index in [4.69, 9.17) is 4.74 Å². The molecular formula is C16H31N7O2. The number of ether oxygens (including phenoxy) is 1. The first-order valence-electron chi connectivity index (χ1n) is 8.86. The molecule has 0 radical (unpaired) electrons. The number of aromatic nitrogens is 4. The zero-order chi connectivity index (χ0) is 18.4. The van der Waals surface area contributed by atoms with Gasteiger partial charge in [0.05, 0.1) is 13.2 Å². The molecule has 1 unspecified atom stereocenters. The predicted molar refractivity (Wildman–Crippen MR) is 94.1 cm³/mol. The molecule has 0 aliphatic carbocycles. The summed E-state index contributed by atoms with van der Waals surface area (Å²) in [6.45, 7) is 7.39. The van der Waals surface area contributed by atoms with Gasteiger partial charge in [-0.2, -0.15) is 0 Å². The van der Waals surface area contributed by atoms with E-state index in [9.17, 15) is 4.79 Å². The molecule has 1 N–H and O–H groups in total. The van der Waals surface area contributed by atoms with Crippen LogP contribution in [0.1, 0.15) is 32.5 Å². The molecule has 9 heteroatoms. The second-order valence-electron chi connectivity index (χ2n) is 7.23. The summed E-state index contributed by atoms with van der Waals surface area (Å²) in [4.78, 5) is 16.5. The van der Waals surface area contributed by atoms with E-state index in [0.717, 1.165) is 18.7 Å². The Kier molecular flexibility index (Phi) is 6.71. The van der Waals surface area contributed by atoms with E-state index in [2.05, 4.69) is 39.6 Å². The summed E-state index contributed by atoms with van der Waals surface area (Å²) >= 11 is 0. The second-order valence-corrected chi connectivity index (χ2v) is 7.23. The maximum Gasteiger partial charge on any atom is 0.317 e. The number of rotatable bonds is 8. The first-order chi connectivity index (χ1) is 11.9. The van der Waals surface area contributed by atoms with E-state index < -0.39 is 0 Å². The van der Waals surface area contributed by atoms with E-state index in [0.29, 0.717) is 38.7 Å². The molecule has 0 bridgehead atoms. The Morgan fingerprint density at radius 2 is 2.20 bits per heavy atom. The molecule has 1 aromatic heterocycles. The number of carbonyl (C=O) groups excluding carboxylic acids is 1. The lowest BCUT2D eigenvalue weighted by atomic mass is 9.96. The van der Waals surface area contributed by atoms with Crippen LogP contribution in [-0.4, -0.2) is 83.5 Å². The highest BCUT2D eigenvalue weighted by Crippen LogP contribution is 2.35. The molecule has 25 heavy (non-hydrogen) atoms. The number of methoxy groups -OCH3 is 1. The van der Waals surface area contributed by atoms with Crippen LogP contribution in [0, 0.1) is 5.92 Å². The fourth-order valence-corrected chi connectivity index (χ4v) is 3.16. The molecule has 1 saturated heterocycles. The van der Waals surface area contributed by atoms with Gasteiger partial charge in [-0.3, -0.25) is 4.90 Å². The minimum atomic E-state index is -0.382. The average molecular weight is 353 g/mol. The molecule has 0 aromatic carbocycles. The maximum atomic E-state index is 12.5. The van der Waals surface area contributed by atoms with Crippen molar-refractivity contribution < 1.29 is 9.53 Å². The van der Waals surface area contributed by atoms with Crippen LogP contribution in [-0.2, 0) is 16.8 Å². The van der Waals surface area contributed by atoms with Gasteiger partial charge in [0.15, 0.2) is 5.82 Å². The Labute approximate surface area is 149 Å². The summed E-state index contributed by atoms with van der Waals surface area (Å²) in [6.07, 6.45) is 1.78. The largest absolute Gasteiger partial charge is 0.383 e. The van der Waals surface area contributed by atoms with Crippen LogP contribution in [0.4, 0.5) is 4.79 Å². The van der Waals surface area contributed by atoms with Crippen LogP contribution >= 0.6 is 0 Å². The number of likely N-dealkylation sites (tertiary alicyclic amines) is 1. The average Bonchev–Trinajstić information content (AvgIpc) is 3.20. The lowest BCUT2D eigenvalue weighted by Crippen LogP contribution is -2.48. The minimum absolute atomic E-state index is 0.0136. The van der Waals surface area contributed by atoms with E-state index >= 15 is 0 Å². The Morgan fingerprint density at radius 1 is 1.44 bits per heavy atom. The molecule has 142 valence electrons. The van der Waals surface area contributed by atoms with Crippen LogP contribution in [0.5, 0.6) is 0 Å². The van der Waals surface area contributed by atoms with Crippen molar-refractivity contribution in [3.63, 3.8) is 0 Å². The lowest BCUT2D eigenvalue weighted by Gasteiger charge is -2.34. The number of tetrazole rings is 1. The Hall–Kier alpha value is -1.74. The summed E-state index contributed by atoms with van der Waals surface area (Å²) in [6, 6.07) is -0.0136. The van der Waals surface area contributed by atoms with E-state index in [1.165, 1.54) is 0 Å². The smallest absolute Gasteiger partial charge is 0.317 e. The number of likely N-dealkylation sites (N-methyl/N-ethyl adjacent to an activating group) is 1. The van der Waals surface area contributed by atoms with Crippen molar-refractivity contribution >= 4 is 6.03 Å². The molecular weight excluding hydrogens is 322 g/mol. The third-order valence-electron chi connectivity index (χ3n) is 4.84. The van der Waals surface area contributed by atoms with Crippen molar-refractivity contribution in [1.29, 1.82) is 0 Å². The molecule has 9 nitrogen and oxygen atoms in total. The normalized spacial score (nSPS) is 20.7. The van der Waals surface area contributed by atoms with Crippen molar-refractivity contribution in [2.24, 2.45) is 5.92 Å². The van der Waals surface area contributed by atoms with Crippen LogP contribution in [0.2, 0.25) is 0 Å². The zero-order valence-corrected chi connectivity index (χ0v) is 16.0. The fourth-order valence-electron chi connectivity index (χ4n) is 3.16. The van der Waals surface area contributed by atoms with Gasteiger partial charge in [0.2, 0.25) is 0 Å². The molecule has 1 aliphatic heterocycles. The highest BCUT2D eigenvalue weighted by Gasteiger charge is 2.47. The van der Waals surface area contributed by atoms with Gasteiger partial charge < -0.3 is 15.0 Å². The molecule has 0 saturated carbocycles. The maximum absolute atomic E-state index is 12.5. The number of nitrogens with one attached hydrogen (secondary N) is 1. The first-order valence-corrected chi connectivity index (χ1v) is 8.86. The molecule has 1 aliphatic rings. The number of nitrogens with zero attached hydrogens (tertiary/aromatic N) is 6. The predicted octanol–water partition coefficient (Wildman–Crippen LogP) is 0.538. The van der Waals surface area contributed by atoms with Crippen LogP contribution in [0.15, 0.2) is 0 Å². The molecule has 1 atom stereocenters. The molecule has 2 amide bonds. The SMILES string of the molecule is COCCn1nnnc1C1(N(C)C)CCN(C(=O)NCCC(C)C)C1. The lowest BCUT2D eigenvalue weighted by molar-refractivity contribution is 0.130. The monoisotopic (exact) mass is 353 g/mol. The number of carbonyl (C=O) groups is 1. The standard InChI is InChI=1S/C16H31N7O2/c1-13(2)6-8-17-15(24)22-9-7-16(12-22,21(3)4)14-18-19-20-23(14)10-11-25-5/h13H,6-12H2,1-5H3,(H,17,24). The Bertz CT molecular complexity index is 560. The van der Waals surface area contributed by atoms with Crippen molar-refractivity contribution in [2.45, 2.75) is 38.8 Å². The van der Waals surface area contributed by atoms with Crippen molar-refractivity contribution in [3.05, 3.63) is 5.82 Å². The van der Waals surface area contributed by atoms with Gasteiger partial charge in [0, 0.05) is 26.7 Å².